The standard InChI is InChI=1S/C19H22N2O2.C2H6.CH3.Y/c1-4-11-23-18-16(12-14-9-10-14)20-21(3)19(22)17(18)15-8-6-5-7-13(15)2;1-2;;/h4-8,14H,1,9-12H2,2-3H3;1-2H3;1H3;/q;;-1;. The molecular formula is C22H31N2O2Y-. The molecule has 1 fully saturated rings. The number of hydrogen-bond acceptors (Lipinski definition) is 3. The van der Waals surface area contributed by atoms with Gasteiger partial charge in [-0.2, -0.15) is 5.10 Å². The second-order valence-electron chi connectivity index (χ2n) is 6.14. The van der Waals surface area contributed by atoms with Gasteiger partial charge in [0.05, 0.1) is 5.56 Å². The van der Waals surface area contributed by atoms with Crippen LogP contribution in [0.4, 0.5) is 0 Å². The number of ether oxygens (including phenoxy) is 1. The van der Waals surface area contributed by atoms with Gasteiger partial charge in [0.1, 0.15) is 12.3 Å². The van der Waals surface area contributed by atoms with Gasteiger partial charge < -0.3 is 12.2 Å². The molecule has 1 saturated carbocycles. The van der Waals surface area contributed by atoms with Gasteiger partial charge in [-0.3, -0.25) is 4.79 Å². The molecule has 0 atom stereocenters. The molecular weight excluding hydrogens is 413 g/mol. The Morgan fingerprint density at radius 2 is 1.93 bits per heavy atom. The molecule has 5 heteroatoms. The fourth-order valence-corrected chi connectivity index (χ4v) is 2.79. The summed E-state index contributed by atoms with van der Waals surface area (Å²) in [5.74, 6) is 1.28. The molecule has 2 aromatic rings. The van der Waals surface area contributed by atoms with Crippen LogP contribution in [0.5, 0.6) is 5.75 Å². The molecule has 145 valence electrons. The first-order chi connectivity index (χ1) is 12.1. The normalized spacial score (nSPS) is 12.0. The molecule has 1 aliphatic rings. The number of benzene rings is 1. The van der Waals surface area contributed by atoms with Gasteiger partial charge in [0.25, 0.3) is 5.56 Å². The Balaban J connectivity index is 0.00000164. The SMILES string of the molecule is C=CCOc1c(CC2CC2)nn(C)c(=O)c1-c1ccccc1C.CC.[CH3-].[Y]. The Kier molecular flexibility index (Phi) is 11.7. The largest absolute Gasteiger partial charge is 0.487 e. The molecule has 0 aliphatic heterocycles. The van der Waals surface area contributed by atoms with Gasteiger partial charge in [-0.1, -0.05) is 50.8 Å². The van der Waals surface area contributed by atoms with E-state index < -0.39 is 0 Å². The van der Waals surface area contributed by atoms with Gasteiger partial charge in [0, 0.05) is 39.8 Å². The summed E-state index contributed by atoms with van der Waals surface area (Å²) < 4.78 is 7.33. The predicted octanol–water partition coefficient (Wildman–Crippen LogP) is 4.75. The van der Waals surface area contributed by atoms with Gasteiger partial charge in [-0.25, -0.2) is 4.68 Å². The number of aromatic nitrogens is 2. The number of nitrogens with zero attached hydrogens (tertiary/aromatic N) is 2. The van der Waals surface area contributed by atoms with Crippen molar-refractivity contribution in [2.75, 3.05) is 6.61 Å². The van der Waals surface area contributed by atoms with Gasteiger partial charge in [-0.05, 0) is 43.2 Å². The van der Waals surface area contributed by atoms with E-state index in [9.17, 15) is 4.79 Å². The average molecular weight is 444 g/mol. The molecule has 0 saturated heterocycles. The Morgan fingerprint density at radius 3 is 2.48 bits per heavy atom. The molecule has 1 aliphatic carbocycles. The third kappa shape index (κ3) is 6.39. The Morgan fingerprint density at radius 1 is 1.30 bits per heavy atom. The van der Waals surface area contributed by atoms with Gasteiger partial charge >= 0.3 is 0 Å². The maximum absolute atomic E-state index is 12.8. The van der Waals surface area contributed by atoms with E-state index in [1.165, 1.54) is 17.5 Å². The third-order valence-corrected chi connectivity index (χ3v) is 4.21. The zero-order valence-electron chi connectivity index (χ0n) is 17.3. The van der Waals surface area contributed by atoms with E-state index in [4.69, 9.17) is 4.74 Å². The molecule has 1 radical (unpaired) electrons. The zero-order valence-corrected chi connectivity index (χ0v) is 20.1. The molecule has 0 bridgehead atoms. The maximum atomic E-state index is 12.8. The zero-order chi connectivity index (χ0) is 18.4. The van der Waals surface area contributed by atoms with Crippen LogP contribution < -0.4 is 10.3 Å². The van der Waals surface area contributed by atoms with Crippen LogP contribution >= 0.6 is 0 Å². The van der Waals surface area contributed by atoms with Crippen LogP contribution in [-0.2, 0) is 46.2 Å². The van der Waals surface area contributed by atoms with Crippen molar-refractivity contribution in [1.29, 1.82) is 0 Å². The molecule has 0 N–H and O–H groups in total. The van der Waals surface area contributed by atoms with Crippen LogP contribution in [0.15, 0.2) is 41.7 Å². The Labute approximate surface area is 188 Å². The molecule has 1 aromatic carbocycles. The number of aryl methyl sites for hydroxylation is 2. The molecule has 0 amide bonds. The van der Waals surface area contributed by atoms with Crippen molar-refractivity contribution in [3.05, 3.63) is 66.0 Å². The van der Waals surface area contributed by atoms with Gasteiger partial charge in [-0.15, -0.1) is 0 Å². The monoisotopic (exact) mass is 444 g/mol. The topological polar surface area (TPSA) is 44.1 Å². The fraction of sp³-hybridized carbons (Fsp3) is 0.409. The summed E-state index contributed by atoms with van der Waals surface area (Å²) in [7, 11) is 1.71. The Bertz CT molecular complexity index is 795. The Hall–Kier alpha value is -1.26. The van der Waals surface area contributed by atoms with Crippen LogP contribution in [0.2, 0.25) is 0 Å². The van der Waals surface area contributed by atoms with Crippen LogP contribution in [0.1, 0.15) is 37.9 Å². The van der Waals surface area contributed by atoms with Gasteiger partial charge in [0.2, 0.25) is 0 Å². The van der Waals surface area contributed by atoms with Crippen molar-refractivity contribution >= 4 is 0 Å². The third-order valence-electron chi connectivity index (χ3n) is 4.21. The summed E-state index contributed by atoms with van der Waals surface area (Å²) in [6.45, 7) is 10.1. The van der Waals surface area contributed by atoms with E-state index in [1.807, 2.05) is 45.0 Å². The summed E-state index contributed by atoms with van der Waals surface area (Å²) in [6.07, 6.45) is 5.01. The van der Waals surface area contributed by atoms with Crippen LogP contribution in [-0.4, -0.2) is 16.4 Å². The van der Waals surface area contributed by atoms with Crippen molar-refractivity contribution in [3.63, 3.8) is 0 Å². The van der Waals surface area contributed by atoms with Crippen molar-refractivity contribution in [1.82, 2.24) is 9.78 Å². The smallest absolute Gasteiger partial charge is 0.278 e. The molecule has 0 unspecified atom stereocenters. The molecule has 1 aromatic heterocycles. The minimum Gasteiger partial charge on any atom is -0.487 e. The minimum atomic E-state index is -0.127. The number of rotatable bonds is 6. The van der Waals surface area contributed by atoms with E-state index in [1.54, 1.807) is 13.1 Å². The van der Waals surface area contributed by atoms with Gasteiger partial charge in [0.15, 0.2) is 5.75 Å². The second-order valence-corrected chi connectivity index (χ2v) is 6.14. The fourth-order valence-electron chi connectivity index (χ4n) is 2.79. The van der Waals surface area contributed by atoms with E-state index in [0.717, 1.165) is 23.2 Å². The molecule has 1 heterocycles. The quantitative estimate of drug-likeness (QED) is 0.477. The minimum absolute atomic E-state index is 0. The van der Waals surface area contributed by atoms with Crippen LogP contribution in [0.25, 0.3) is 11.1 Å². The predicted molar refractivity (Wildman–Crippen MR) is 110 cm³/mol. The molecule has 0 spiro atoms. The summed E-state index contributed by atoms with van der Waals surface area (Å²) in [4.78, 5) is 12.8. The van der Waals surface area contributed by atoms with E-state index in [2.05, 4.69) is 11.7 Å². The van der Waals surface area contributed by atoms with Crippen molar-refractivity contribution in [3.8, 4) is 16.9 Å². The maximum Gasteiger partial charge on any atom is 0.278 e. The van der Waals surface area contributed by atoms with Crippen molar-refractivity contribution in [2.45, 2.75) is 40.0 Å². The first-order valence-electron chi connectivity index (χ1n) is 9.01. The number of hydrogen-bond donors (Lipinski definition) is 0. The van der Waals surface area contributed by atoms with Crippen molar-refractivity contribution < 1.29 is 37.4 Å². The summed E-state index contributed by atoms with van der Waals surface area (Å²) >= 11 is 0. The van der Waals surface area contributed by atoms with E-state index in [0.29, 0.717) is 23.8 Å². The molecule has 3 rings (SSSR count). The van der Waals surface area contributed by atoms with E-state index in [-0.39, 0.29) is 45.7 Å². The summed E-state index contributed by atoms with van der Waals surface area (Å²) in [6, 6.07) is 7.89. The molecule has 27 heavy (non-hydrogen) atoms. The second kappa shape index (κ2) is 12.3. The summed E-state index contributed by atoms with van der Waals surface area (Å²) in [5.41, 5.74) is 3.31. The van der Waals surface area contributed by atoms with Crippen molar-refractivity contribution in [2.24, 2.45) is 13.0 Å². The summed E-state index contributed by atoms with van der Waals surface area (Å²) in [5, 5.41) is 4.47. The first kappa shape index (κ1) is 25.7. The average Bonchev–Trinajstić information content (AvgIpc) is 3.43. The van der Waals surface area contributed by atoms with E-state index >= 15 is 0 Å². The molecule has 4 nitrogen and oxygen atoms in total. The van der Waals surface area contributed by atoms with Crippen LogP contribution in [0.3, 0.4) is 0 Å². The first-order valence-corrected chi connectivity index (χ1v) is 9.01. The van der Waals surface area contributed by atoms with Crippen LogP contribution in [0, 0.1) is 20.3 Å².